The Hall–Kier alpha value is -2.77. The standard InChI is InChI=1S/C22H29N3O4/c1-22(2,14-26)23-12-15-7-9-19(20(11-15)28-5)29-13-16-6-8-17-18(10-16)25(4)21(27)24(17)3/h6-11,23,26H,12-14H2,1-5H3. The molecule has 156 valence electrons. The van der Waals surface area contributed by atoms with Crippen molar-refractivity contribution in [3.05, 3.63) is 58.0 Å². The molecule has 0 saturated carbocycles. The molecule has 0 aliphatic carbocycles. The highest BCUT2D eigenvalue weighted by atomic mass is 16.5. The third-order valence-electron chi connectivity index (χ3n) is 5.13. The number of rotatable bonds is 8. The van der Waals surface area contributed by atoms with Gasteiger partial charge in [0.2, 0.25) is 0 Å². The molecule has 2 N–H and O–H groups in total. The molecule has 0 radical (unpaired) electrons. The maximum atomic E-state index is 12.1. The van der Waals surface area contributed by atoms with Crippen LogP contribution in [0, 0.1) is 0 Å². The van der Waals surface area contributed by atoms with Gasteiger partial charge in [0, 0.05) is 26.2 Å². The summed E-state index contributed by atoms with van der Waals surface area (Å²) in [4.78, 5) is 12.1. The Kier molecular flexibility index (Phi) is 6.00. The third kappa shape index (κ3) is 4.46. The SMILES string of the molecule is COc1cc(CNC(C)(C)CO)ccc1OCc1ccc2c(c1)n(C)c(=O)n2C. The Labute approximate surface area is 170 Å². The molecular weight excluding hydrogens is 370 g/mol. The van der Waals surface area contributed by atoms with E-state index in [1.807, 2.05) is 50.2 Å². The monoisotopic (exact) mass is 399 g/mol. The van der Waals surface area contributed by atoms with Gasteiger partial charge in [-0.1, -0.05) is 12.1 Å². The van der Waals surface area contributed by atoms with E-state index < -0.39 is 0 Å². The molecule has 2 aromatic carbocycles. The van der Waals surface area contributed by atoms with Crippen LogP contribution in [-0.4, -0.2) is 33.5 Å². The molecule has 3 rings (SSSR count). The highest BCUT2D eigenvalue weighted by Gasteiger charge is 2.16. The maximum absolute atomic E-state index is 12.1. The molecule has 0 aliphatic heterocycles. The van der Waals surface area contributed by atoms with E-state index in [0.717, 1.165) is 22.2 Å². The average molecular weight is 399 g/mol. The van der Waals surface area contributed by atoms with Crippen LogP contribution in [0.5, 0.6) is 11.5 Å². The lowest BCUT2D eigenvalue weighted by Crippen LogP contribution is -2.42. The van der Waals surface area contributed by atoms with Crippen LogP contribution >= 0.6 is 0 Å². The van der Waals surface area contributed by atoms with Crippen molar-refractivity contribution in [2.24, 2.45) is 14.1 Å². The fourth-order valence-electron chi connectivity index (χ4n) is 3.14. The van der Waals surface area contributed by atoms with Crippen molar-refractivity contribution in [2.45, 2.75) is 32.5 Å². The number of hydrogen-bond donors (Lipinski definition) is 2. The first-order chi connectivity index (χ1) is 13.8. The van der Waals surface area contributed by atoms with Crippen LogP contribution < -0.4 is 20.5 Å². The first kappa shape index (κ1) is 21.0. The lowest BCUT2D eigenvalue weighted by Gasteiger charge is -2.23. The van der Waals surface area contributed by atoms with Gasteiger partial charge in [0.25, 0.3) is 0 Å². The number of methoxy groups -OCH3 is 1. The average Bonchev–Trinajstić information content (AvgIpc) is 2.94. The van der Waals surface area contributed by atoms with Gasteiger partial charge in [0.15, 0.2) is 11.5 Å². The summed E-state index contributed by atoms with van der Waals surface area (Å²) < 4.78 is 14.7. The number of aliphatic hydroxyl groups is 1. The number of nitrogens with one attached hydrogen (secondary N) is 1. The molecule has 0 aliphatic rings. The zero-order chi connectivity index (χ0) is 21.2. The Morgan fingerprint density at radius 1 is 1.00 bits per heavy atom. The Morgan fingerprint density at radius 3 is 2.38 bits per heavy atom. The number of nitrogens with zero attached hydrogens (tertiary/aromatic N) is 2. The molecular formula is C22H29N3O4. The van der Waals surface area contributed by atoms with Gasteiger partial charge in [-0.2, -0.15) is 0 Å². The molecule has 0 atom stereocenters. The largest absolute Gasteiger partial charge is 0.493 e. The Balaban J connectivity index is 1.74. The van der Waals surface area contributed by atoms with E-state index in [1.54, 1.807) is 30.3 Å². The van der Waals surface area contributed by atoms with Crippen molar-refractivity contribution in [1.82, 2.24) is 14.5 Å². The minimum Gasteiger partial charge on any atom is -0.493 e. The Bertz CT molecular complexity index is 1070. The molecule has 0 amide bonds. The fraction of sp³-hybridized carbons (Fsp3) is 0.409. The number of fused-ring (bicyclic) bond motifs is 1. The van der Waals surface area contributed by atoms with E-state index in [-0.39, 0.29) is 17.8 Å². The lowest BCUT2D eigenvalue weighted by atomic mass is 10.1. The quantitative estimate of drug-likeness (QED) is 0.608. The van der Waals surface area contributed by atoms with Crippen molar-refractivity contribution in [1.29, 1.82) is 0 Å². The Morgan fingerprint density at radius 2 is 1.69 bits per heavy atom. The van der Waals surface area contributed by atoms with Crippen LogP contribution in [-0.2, 0) is 27.2 Å². The fourth-order valence-corrected chi connectivity index (χ4v) is 3.14. The number of aryl methyl sites for hydroxylation is 2. The number of ether oxygens (including phenoxy) is 2. The summed E-state index contributed by atoms with van der Waals surface area (Å²) in [6, 6.07) is 11.7. The molecule has 29 heavy (non-hydrogen) atoms. The summed E-state index contributed by atoms with van der Waals surface area (Å²) in [5.41, 5.74) is 3.37. The van der Waals surface area contributed by atoms with Gasteiger partial charge < -0.3 is 19.9 Å². The topological polar surface area (TPSA) is 77.7 Å². The van der Waals surface area contributed by atoms with Crippen LogP contribution in [0.25, 0.3) is 11.0 Å². The minimum absolute atomic E-state index is 0.0479. The summed E-state index contributed by atoms with van der Waals surface area (Å²) >= 11 is 0. The first-order valence-electron chi connectivity index (χ1n) is 9.55. The maximum Gasteiger partial charge on any atom is 0.328 e. The zero-order valence-electron chi connectivity index (χ0n) is 17.7. The van der Waals surface area contributed by atoms with Gasteiger partial charge in [-0.25, -0.2) is 4.79 Å². The van der Waals surface area contributed by atoms with Crippen LogP contribution in [0.15, 0.2) is 41.2 Å². The van der Waals surface area contributed by atoms with Gasteiger partial charge in [0.05, 0.1) is 24.8 Å². The zero-order valence-corrected chi connectivity index (χ0v) is 17.7. The number of hydrogen-bond acceptors (Lipinski definition) is 5. The summed E-state index contributed by atoms with van der Waals surface area (Å²) in [7, 11) is 5.15. The van der Waals surface area contributed by atoms with Crippen LogP contribution in [0.3, 0.4) is 0 Å². The van der Waals surface area contributed by atoms with E-state index in [4.69, 9.17) is 9.47 Å². The predicted molar refractivity (Wildman–Crippen MR) is 113 cm³/mol. The van der Waals surface area contributed by atoms with E-state index in [1.165, 1.54) is 0 Å². The molecule has 0 bridgehead atoms. The van der Waals surface area contributed by atoms with Crippen molar-refractivity contribution in [3.8, 4) is 11.5 Å². The second-order valence-corrected chi connectivity index (χ2v) is 7.89. The number of imidazole rings is 1. The van der Waals surface area contributed by atoms with Crippen molar-refractivity contribution in [3.63, 3.8) is 0 Å². The molecule has 1 heterocycles. The van der Waals surface area contributed by atoms with Crippen molar-refractivity contribution >= 4 is 11.0 Å². The van der Waals surface area contributed by atoms with E-state index in [0.29, 0.717) is 24.7 Å². The second-order valence-electron chi connectivity index (χ2n) is 7.89. The predicted octanol–water partition coefficient (Wildman–Crippen LogP) is 2.33. The molecule has 3 aromatic rings. The summed E-state index contributed by atoms with van der Waals surface area (Å²) in [6.07, 6.45) is 0. The van der Waals surface area contributed by atoms with E-state index in [9.17, 15) is 9.90 Å². The van der Waals surface area contributed by atoms with Gasteiger partial charge in [-0.3, -0.25) is 9.13 Å². The van der Waals surface area contributed by atoms with Crippen LogP contribution in [0.1, 0.15) is 25.0 Å². The smallest absolute Gasteiger partial charge is 0.328 e. The normalized spacial score (nSPS) is 11.8. The highest BCUT2D eigenvalue weighted by Crippen LogP contribution is 2.29. The van der Waals surface area contributed by atoms with Gasteiger partial charge in [0.1, 0.15) is 6.61 Å². The first-order valence-corrected chi connectivity index (χ1v) is 9.55. The van der Waals surface area contributed by atoms with Crippen molar-refractivity contribution < 1.29 is 14.6 Å². The van der Waals surface area contributed by atoms with E-state index >= 15 is 0 Å². The van der Waals surface area contributed by atoms with Crippen molar-refractivity contribution in [2.75, 3.05) is 13.7 Å². The number of aromatic nitrogens is 2. The molecule has 1 aromatic heterocycles. The molecule has 0 saturated heterocycles. The summed E-state index contributed by atoms with van der Waals surface area (Å²) in [5.74, 6) is 1.30. The molecule has 7 heteroatoms. The third-order valence-corrected chi connectivity index (χ3v) is 5.13. The highest BCUT2D eigenvalue weighted by molar-refractivity contribution is 5.76. The molecule has 0 fully saturated rings. The van der Waals surface area contributed by atoms with Gasteiger partial charge >= 0.3 is 5.69 Å². The van der Waals surface area contributed by atoms with Gasteiger partial charge in [-0.15, -0.1) is 0 Å². The number of aliphatic hydroxyl groups excluding tert-OH is 1. The molecule has 0 spiro atoms. The summed E-state index contributed by atoms with van der Waals surface area (Å²) in [5, 5.41) is 12.7. The van der Waals surface area contributed by atoms with Gasteiger partial charge in [-0.05, 0) is 49.2 Å². The van der Waals surface area contributed by atoms with E-state index in [2.05, 4.69) is 5.32 Å². The molecule has 0 unspecified atom stereocenters. The molecule has 7 nitrogen and oxygen atoms in total. The minimum atomic E-state index is -0.349. The summed E-state index contributed by atoms with van der Waals surface area (Å²) in [6.45, 7) is 4.93. The van der Waals surface area contributed by atoms with Crippen LogP contribution in [0.4, 0.5) is 0 Å². The number of benzene rings is 2. The van der Waals surface area contributed by atoms with Crippen LogP contribution in [0.2, 0.25) is 0 Å². The second kappa shape index (κ2) is 8.31. The lowest BCUT2D eigenvalue weighted by molar-refractivity contribution is 0.187.